The Kier molecular flexibility index (Phi) is 9.04. The maximum Gasteiger partial charge on any atom is 0.191 e. The average molecular weight is 449 g/mol. The van der Waals surface area contributed by atoms with Gasteiger partial charge in [-0.2, -0.15) is 0 Å². The third kappa shape index (κ3) is 5.89. The van der Waals surface area contributed by atoms with E-state index in [0.29, 0.717) is 11.8 Å². The van der Waals surface area contributed by atoms with E-state index in [4.69, 9.17) is 0 Å². The van der Waals surface area contributed by atoms with Gasteiger partial charge in [0.15, 0.2) is 5.96 Å². The van der Waals surface area contributed by atoms with Gasteiger partial charge in [0, 0.05) is 41.7 Å². The van der Waals surface area contributed by atoms with Gasteiger partial charge in [0.2, 0.25) is 0 Å². The molecule has 2 atom stereocenters. The Balaban J connectivity index is 0.00000242. The molecule has 0 saturated heterocycles. The first-order valence-corrected chi connectivity index (χ1v) is 8.98. The molecule has 2 N–H and O–H groups in total. The number of thiophene rings is 2. The summed E-state index contributed by atoms with van der Waals surface area (Å²) in [7, 11) is 1.82. The number of rotatable bonds is 6. The van der Waals surface area contributed by atoms with Gasteiger partial charge in [0.25, 0.3) is 0 Å². The molecule has 3 nitrogen and oxygen atoms in total. The van der Waals surface area contributed by atoms with Crippen molar-refractivity contribution in [2.24, 2.45) is 4.99 Å². The molecule has 2 aromatic rings. The summed E-state index contributed by atoms with van der Waals surface area (Å²) in [4.78, 5) is 7.11. The topological polar surface area (TPSA) is 36.4 Å². The van der Waals surface area contributed by atoms with Crippen LogP contribution in [0, 0.1) is 0 Å². The van der Waals surface area contributed by atoms with Crippen molar-refractivity contribution in [1.82, 2.24) is 10.6 Å². The molecule has 2 heterocycles. The van der Waals surface area contributed by atoms with Crippen molar-refractivity contribution in [3.8, 4) is 0 Å². The average Bonchev–Trinajstić information content (AvgIpc) is 3.19. The fraction of sp³-hybridized carbons (Fsp3) is 0.438. The van der Waals surface area contributed by atoms with E-state index in [0.717, 1.165) is 19.0 Å². The molecule has 0 amide bonds. The number of aliphatic imine (C=N–C) groups is 1. The van der Waals surface area contributed by atoms with Crippen LogP contribution in [-0.4, -0.2) is 26.1 Å². The Labute approximate surface area is 158 Å². The van der Waals surface area contributed by atoms with E-state index in [1.165, 1.54) is 9.75 Å². The molecule has 0 aliphatic rings. The Hall–Kier alpha value is -0.600. The molecule has 0 radical (unpaired) electrons. The van der Waals surface area contributed by atoms with Gasteiger partial charge in [-0.1, -0.05) is 26.0 Å². The summed E-state index contributed by atoms with van der Waals surface area (Å²) in [5.74, 6) is 1.87. The summed E-state index contributed by atoms with van der Waals surface area (Å²) in [6.07, 6.45) is 0. The van der Waals surface area contributed by atoms with E-state index >= 15 is 0 Å². The van der Waals surface area contributed by atoms with Crippen LogP contribution in [0.3, 0.4) is 0 Å². The van der Waals surface area contributed by atoms with Crippen LogP contribution in [0.2, 0.25) is 0 Å². The normalized spacial score (nSPS) is 12.9. The van der Waals surface area contributed by atoms with Crippen LogP contribution in [-0.2, 0) is 0 Å². The highest BCUT2D eigenvalue weighted by molar-refractivity contribution is 14.0. The van der Waals surface area contributed by atoms with Gasteiger partial charge in [-0.25, -0.2) is 0 Å². The zero-order valence-electron chi connectivity index (χ0n) is 13.2. The van der Waals surface area contributed by atoms with Crippen LogP contribution in [0.5, 0.6) is 0 Å². The first-order chi connectivity index (χ1) is 10.2. The Morgan fingerprint density at radius 3 is 1.77 bits per heavy atom. The van der Waals surface area contributed by atoms with Crippen LogP contribution >= 0.6 is 46.7 Å². The summed E-state index contributed by atoms with van der Waals surface area (Å²) in [5, 5.41) is 11.1. The Morgan fingerprint density at radius 1 is 1.00 bits per heavy atom. The summed E-state index contributed by atoms with van der Waals surface area (Å²) >= 11 is 3.62. The quantitative estimate of drug-likeness (QED) is 0.387. The maximum atomic E-state index is 4.30. The van der Waals surface area contributed by atoms with E-state index in [2.05, 4.69) is 64.5 Å². The van der Waals surface area contributed by atoms with Crippen molar-refractivity contribution in [3.63, 3.8) is 0 Å². The molecule has 0 aliphatic heterocycles. The van der Waals surface area contributed by atoms with E-state index in [9.17, 15) is 0 Å². The van der Waals surface area contributed by atoms with Crippen LogP contribution in [0.25, 0.3) is 0 Å². The largest absolute Gasteiger partial charge is 0.356 e. The fourth-order valence-corrected chi connectivity index (χ4v) is 3.64. The summed E-state index contributed by atoms with van der Waals surface area (Å²) in [5.41, 5.74) is 0. The smallest absolute Gasteiger partial charge is 0.191 e. The third-order valence-corrected chi connectivity index (χ3v) is 5.64. The molecular weight excluding hydrogens is 425 g/mol. The molecule has 0 fully saturated rings. The number of nitrogens with one attached hydrogen (secondary N) is 2. The minimum absolute atomic E-state index is 0. The van der Waals surface area contributed by atoms with E-state index in [-0.39, 0.29) is 24.0 Å². The number of halogens is 1. The van der Waals surface area contributed by atoms with Crippen LogP contribution in [0.4, 0.5) is 0 Å². The maximum absolute atomic E-state index is 4.30. The fourth-order valence-electron chi connectivity index (χ4n) is 2.06. The number of hydrogen-bond donors (Lipinski definition) is 2. The Bertz CT molecular complexity index is 492. The second kappa shape index (κ2) is 10.2. The highest BCUT2D eigenvalue weighted by atomic mass is 127. The van der Waals surface area contributed by atoms with Gasteiger partial charge in [0.1, 0.15) is 0 Å². The van der Waals surface area contributed by atoms with Gasteiger partial charge in [-0.05, 0) is 22.9 Å². The van der Waals surface area contributed by atoms with Crippen molar-refractivity contribution < 1.29 is 0 Å². The van der Waals surface area contributed by atoms with Crippen molar-refractivity contribution in [1.29, 1.82) is 0 Å². The minimum Gasteiger partial charge on any atom is -0.356 e. The minimum atomic E-state index is 0. The molecule has 0 aliphatic carbocycles. The van der Waals surface area contributed by atoms with Gasteiger partial charge < -0.3 is 10.6 Å². The van der Waals surface area contributed by atoms with Crippen LogP contribution < -0.4 is 10.6 Å². The molecule has 0 aromatic carbocycles. The molecule has 0 spiro atoms. The summed E-state index contributed by atoms with van der Waals surface area (Å²) < 4.78 is 0. The van der Waals surface area contributed by atoms with Crippen LogP contribution in [0.15, 0.2) is 40.0 Å². The lowest BCUT2D eigenvalue weighted by atomic mass is 10.1. The van der Waals surface area contributed by atoms with Gasteiger partial charge in [-0.15, -0.1) is 46.7 Å². The van der Waals surface area contributed by atoms with Crippen molar-refractivity contribution in [2.75, 3.05) is 20.1 Å². The highest BCUT2D eigenvalue weighted by Crippen LogP contribution is 2.20. The van der Waals surface area contributed by atoms with Crippen molar-refractivity contribution >= 4 is 52.6 Å². The van der Waals surface area contributed by atoms with E-state index in [1.54, 1.807) is 0 Å². The molecule has 6 heteroatoms. The van der Waals surface area contributed by atoms with E-state index in [1.807, 2.05) is 29.7 Å². The molecule has 2 unspecified atom stereocenters. The lowest BCUT2D eigenvalue weighted by Crippen LogP contribution is -2.40. The highest BCUT2D eigenvalue weighted by Gasteiger charge is 2.09. The summed E-state index contributed by atoms with van der Waals surface area (Å²) in [6, 6.07) is 8.58. The molecule has 2 aromatic heterocycles. The Morgan fingerprint density at radius 2 is 1.45 bits per heavy atom. The van der Waals surface area contributed by atoms with Crippen LogP contribution in [0.1, 0.15) is 35.4 Å². The second-order valence-corrected chi connectivity index (χ2v) is 7.13. The first-order valence-electron chi connectivity index (χ1n) is 7.22. The van der Waals surface area contributed by atoms with Gasteiger partial charge >= 0.3 is 0 Å². The molecular formula is C16H24IN3S2. The molecule has 122 valence electrons. The third-order valence-electron chi connectivity index (χ3n) is 3.43. The van der Waals surface area contributed by atoms with Gasteiger partial charge in [-0.3, -0.25) is 4.99 Å². The van der Waals surface area contributed by atoms with Crippen molar-refractivity contribution in [2.45, 2.75) is 25.7 Å². The zero-order chi connectivity index (χ0) is 15.1. The predicted octanol–water partition coefficient (Wildman–Crippen LogP) is 4.50. The molecule has 22 heavy (non-hydrogen) atoms. The van der Waals surface area contributed by atoms with E-state index < -0.39 is 0 Å². The molecule has 0 bridgehead atoms. The monoisotopic (exact) mass is 449 g/mol. The van der Waals surface area contributed by atoms with Gasteiger partial charge in [0.05, 0.1) is 0 Å². The zero-order valence-corrected chi connectivity index (χ0v) is 17.2. The standard InChI is InChI=1S/C16H23N3S2.HI/c1-12(14-6-4-8-20-14)10-18-16(17-3)19-11-13(2)15-7-5-9-21-15;/h4-9,12-13H,10-11H2,1-3H3,(H2,17,18,19);1H. The predicted molar refractivity (Wildman–Crippen MR) is 110 cm³/mol. The number of hydrogen-bond acceptors (Lipinski definition) is 3. The number of guanidine groups is 1. The number of nitrogens with zero attached hydrogens (tertiary/aromatic N) is 1. The molecule has 2 rings (SSSR count). The SMILES string of the molecule is CN=C(NCC(C)c1cccs1)NCC(C)c1cccs1.I. The van der Waals surface area contributed by atoms with Crippen molar-refractivity contribution in [3.05, 3.63) is 44.8 Å². The lowest BCUT2D eigenvalue weighted by Gasteiger charge is -2.17. The molecule has 0 saturated carbocycles. The lowest BCUT2D eigenvalue weighted by molar-refractivity contribution is 0.680. The second-order valence-electron chi connectivity index (χ2n) is 5.17. The summed E-state index contributed by atoms with van der Waals surface area (Å²) in [6.45, 7) is 6.27. The first kappa shape index (κ1) is 19.4.